The summed E-state index contributed by atoms with van der Waals surface area (Å²) in [7, 11) is 0. The molecule has 6 heteroatoms. The van der Waals surface area contributed by atoms with Crippen LogP contribution in [0, 0.1) is 0 Å². The van der Waals surface area contributed by atoms with Crippen molar-refractivity contribution in [3.05, 3.63) is 121 Å². The van der Waals surface area contributed by atoms with E-state index < -0.39 is 0 Å². The number of hydrogen-bond acceptors (Lipinski definition) is 5. The molecule has 0 spiro atoms. The molecule has 5 heterocycles. The highest BCUT2D eigenvalue weighted by Gasteiger charge is 2.48. The number of ether oxygens (including phenoxy) is 2. The first-order valence-electron chi connectivity index (χ1n) is 16.0. The van der Waals surface area contributed by atoms with Crippen LogP contribution in [0.25, 0.3) is 21.7 Å². The van der Waals surface area contributed by atoms with E-state index in [1.807, 2.05) is 12.1 Å². The lowest BCUT2D eigenvalue weighted by atomic mass is 9.33. The van der Waals surface area contributed by atoms with Crippen molar-refractivity contribution in [3.63, 3.8) is 0 Å². The largest absolute Gasteiger partial charge is 0.453 e. The van der Waals surface area contributed by atoms with Crippen molar-refractivity contribution in [2.24, 2.45) is 0 Å². The van der Waals surface area contributed by atoms with E-state index in [-0.39, 0.29) is 12.6 Å². The van der Waals surface area contributed by atoms with E-state index in [0.29, 0.717) is 0 Å². The van der Waals surface area contributed by atoms with Crippen LogP contribution in [0.1, 0.15) is 25.5 Å². The molecule has 7 aromatic rings. The van der Waals surface area contributed by atoms with E-state index in [9.17, 15) is 0 Å². The fourth-order valence-electron chi connectivity index (χ4n) is 8.32. The van der Waals surface area contributed by atoms with Crippen molar-refractivity contribution in [2.75, 3.05) is 9.80 Å². The summed E-state index contributed by atoms with van der Waals surface area (Å²) in [4.78, 5) is 10.5. The van der Waals surface area contributed by atoms with E-state index in [0.717, 1.165) is 73.7 Å². The molecular weight excluding hydrogens is 565 g/mol. The van der Waals surface area contributed by atoms with Gasteiger partial charge in [-0.1, -0.05) is 86.6 Å². The molecule has 0 unspecified atom stereocenters. The molecule has 0 saturated carbocycles. The van der Waals surface area contributed by atoms with Crippen LogP contribution < -0.4 is 35.7 Å². The van der Waals surface area contributed by atoms with E-state index in [4.69, 9.17) is 14.5 Å². The third-order valence-electron chi connectivity index (χ3n) is 10.1. The SMILES string of the molecule is CC(C)c1nc2c3c4c(cc2c2ccccc12)N1c2ccccc2Oc2cccc(c21)B4c1cccc2c1N3c1ccccc1O2. The first kappa shape index (κ1) is 24.6. The van der Waals surface area contributed by atoms with Crippen LogP contribution in [0.15, 0.2) is 115 Å². The van der Waals surface area contributed by atoms with Crippen LogP contribution >= 0.6 is 0 Å². The molecule has 6 aromatic carbocycles. The summed E-state index contributed by atoms with van der Waals surface area (Å²) in [6.45, 7) is 4.45. The van der Waals surface area contributed by atoms with Crippen molar-refractivity contribution >= 4 is 78.9 Å². The topological polar surface area (TPSA) is 37.8 Å². The summed E-state index contributed by atoms with van der Waals surface area (Å²) in [6.07, 6.45) is 0. The number of anilines is 6. The van der Waals surface area contributed by atoms with Gasteiger partial charge in [-0.2, -0.15) is 0 Å². The first-order valence-corrected chi connectivity index (χ1v) is 16.0. The molecule has 0 atom stereocenters. The standard InChI is InChI=1S/C40H26BN3O2/c1-22(2)36-24-12-4-3-11-23(24)25-21-30-35-40(37(25)42-36)44-29-16-6-8-18-32(29)46-34-20-10-14-27(39(34)44)41(35)26-13-9-19-33-38(26)43(30)28-15-5-7-17-31(28)45-33/h3-22H,1-2H3. The van der Waals surface area contributed by atoms with Crippen molar-refractivity contribution in [2.45, 2.75) is 19.8 Å². The number of benzene rings is 6. The number of para-hydroxylation sites is 6. The Morgan fingerprint density at radius 3 is 1.78 bits per heavy atom. The fourth-order valence-corrected chi connectivity index (χ4v) is 8.32. The summed E-state index contributed by atoms with van der Waals surface area (Å²) in [5.41, 5.74) is 12.4. The minimum atomic E-state index is -0.0368. The third-order valence-corrected chi connectivity index (χ3v) is 10.1. The highest BCUT2D eigenvalue weighted by Crippen LogP contribution is 2.57. The van der Waals surface area contributed by atoms with Crippen LogP contribution in [-0.2, 0) is 0 Å². The zero-order valence-electron chi connectivity index (χ0n) is 25.3. The molecule has 0 bridgehead atoms. The molecule has 0 fully saturated rings. The number of hydrogen-bond donors (Lipinski definition) is 0. The van der Waals surface area contributed by atoms with Gasteiger partial charge in [-0.3, -0.25) is 0 Å². The summed E-state index contributed by atoms with van der Waals surface area (Å²) in [6, 6.07) is 40.9. The van der Waals surface area contributed by atoms with Crippen molar-refractivity contribution < 1.29 is 9.47 Å². The molecule has 4 aliphatic rings. The Hall–Kier alpha value is -5.75. The lowest BCUT2D eigenvalue weighted by Crippen LogP contribution is -2.62. The zero-order chi connectivity index (χ0) is 30.3. The number of fused-ring (bicyclic) bond motifs is 12. The maximum Gasteiger partial charge on any atom is 0.252 e. The van der Waals surface area contributed by atoms with Gasteiger partial charge in [-0.25, -0.2) is 4.98 Å². The van der Waals surface area contributed by atoms with Gasteiger partial charge in [0, 0.05) is 16.5 Å². The van der Waals surface area contributed by atoms with Gasteiger partial charge in [0.2, 0.25) is 0 Å². The van der Waals surface area contributed by atoms with Crippen LogP contribution in [0.5, 0.6) is 23.0 Å². The van der Waals surface area contributed by atoms with Gasteiger partial charge >= 0.3 is 0 Å². The molecule has 5 nitrogen and oxygen atoms in total. The molecule has 0 radical (unpaired) electrons. The average Bonchev–Trinajstić information content (AvgIpc) is 3.09. The molecule has 46 heavy (non-hydrogen) atoms. The Kier molecular flexibility index (Phi) is 4.53. The maximum atomic E-state index is 6.64. The van der Waals surface area contributed by atoms with Crippen molar-refractivity contribution in [1.82, 2.24) is 4.98 Å². The molecular formula is C40H26BN3O2. The quantitative estimate of drug-likeness (QED) is 0.141. The van der Waals surface area contributed by atoms with Crippen LogP contribution in [0.4, 0.5) is 34.1 Å². The Bertz CT molecular complexity index is 2500. The molecule has 0 amide bonds. The van der Waals surface area contributed by atoms with Gasteiger partial charge in [0.15, 0.2) is 23.0 Å². The lowest BCUT2D eigenvalue weighted by molar-refractivity contribution is 0.477. The van der Waals surface area contributed by atoms with Gasteiger partial charge in [0.25, 0.3) is 6.71 Å². The van der Waals surface area contributed by atoms with Gasteiger partial charge in [-0.05, 0) is 70.2 Å². The molecule has 4 aliphatic heterocycles. The highest BCUT2D eigenvalue weighted by molar-refractivity contribution is 7.00. The summed E-state index contributed by atoms with van der Waals surface area (Å²) >= 11 is 0. The minimum absolute atomic E-state index is 0.0368. The maximum absolute atomic E-state index is 6.64. The summed E-state index contributed by atoms with van der Waals surface area (Å²) in [5, 5.41) is 3.56. The average molecular weight is 591 g/mol. The van der Waals surface area contributed by atoms with E-state index in [1.54, 1.807) is 0 Å². The number of aromatic nitrogens is 1. The minimum Gasteiger partial charge on any atom is -0.453 e. The van der Waals surface area contributed by atoms with E-state index in [2.05, 4.69) is 127 Å². The molecule has 1 aromatic heterocycles. The summed E-state index contributed by atoms with van der Waals surface area (Å²) < 4.78 is 13.2. The van der Waals surface area contributed by atoms with Gasteiger partial charge in [-0.15, -0.1) is 0 Å². The van der Waals surface area contributed by atoms with E-state index >= 15 is 0 Å². The number of rotatable bonds is 1. The van der Waals surface area contributed by atoms with Gasteiger partial charge < -0.3 is 19.3 Å². The Balaban J connectivity index is 1.39. The lowest BCUT2D eigenvalue weighted by Gasteiger charge is -2.47. The molecule has 0 saturated heterocycles. The molecule has 216 valence electrons. The Labute approximate surface area is 266 Å². The Morgan fingerprint density at radius 1 is 0.543 bits per heavy atom. The highest BCUT2D eigenvalue weighted by atomic mass is 16.5. The second-order valence-corrected chi connectivity index (χ2v) is 12.9. The Morgan fingerprint density at radius 2 is 1.11 bits per heavy atom. The monoisotopic (exact) mass is 591 g/mol. The predicted octanol–water partition coefficient (Wildman–Crippen LogP) is 8.81. The van der Waals surface area contributed by atoms with Crippen LogP contribution in [-0.4, -0.2) is 11.7 Å². The van der Waals surface area contributed by atoms with Crippen molar-refractivity contribution in [3.8, 4) is 23.0 Å². The van der Waals surface area contributed by atoms with Gasteiger partial charge in [0.05, 0.1) is 39.6 Å². The predicted molar refractivity (Wildman–Crippen MR) is 188 cm³/mol. The fraction of sp³-hybridized carbons (Fsp3) is 0.0750. The smallest absolute Gasteiger partial charge is 0.252 e. The molecule has 11 rings (SSSR count). The first-order chi connectivity index (χ1) is 22.7. The molecule has 0 aliphatic carbocycles. The zero-order valence-corrected chi connectivity index (χ0v) is 25.3. The summed E-state index contributed by atoms with van der Waals surface area (Å²) in [5.74, 6) is 3.69. The van der Waals surface area contributed by atoms with Crippen molar-refractivity contribution in [1.29, 1.82) is 0 Å². The second kappa shape index (κ2) is 8.49. The van der Waals surface area contributed by atoms with E-state index in [1.165, 1.54) is 27.2 Å². The third kappa shape index (κ3) is 2.90. The number of nitrogens with zero attached hydrogens (tertiary/aromatic N) is 3. The van der Waals surface area contributed by atoms with Crippen LogP contribution in [0.3, 0.4) is 0 Å². The van der Waals surface area contributed by atoms with Crippen LogP contribution in [0.2, 0.25) is 0 Å². The van der Waals surface area contributed by atoms with Gasteiger partial charge in [0.1, 0.15) is 0 Å². The normalized spacial score (nSPS) is 14.3. The number of pyridine rings is 1. The molecule has 0 N–H and O–H groups in total. The second-order valence-electron chi connectivity index (χ2n) is 12.9.